The summed E-state index contributed by atoms with van der Waals surface area (Å²) in [5.41, 5.74) is 0.933. The van der Waals surface area contributed by atoms with Crippen LogP contribution in [0.3, 0.4) is 0 Å². The van der Waals surface area contributed by atoms with E-state index in [-0.39, 0.29) is 12.3 Å². The van der Waals surface area contributed by atoms with Gasteiger partial charge >= 0.3 is 0 Å². The number of hydrogen-bond donors (Lipinski definition) is 1. The van der Waals surface area contributed by atoms with Gasteiger partial charge < -0.3 is 14.7 Å². The number of nitro benzene ring substituents is 1. The highest BCUT2D eigenvalue weighted by Crippen LogP contribution is 2.34. The second kappa shape index (κ2) is 6.38. The van der Waals surface area contributed by atoms with E-state index in [4.69, 9.17) is 9.84 Å². The van der Waals surface area contributed by atoms with Gasteiger partial charge in [0.1, 0.15) is 5.75 Å². The lowest BCUT2D eigenvalue weighted by Crippen LogP contribution is -2.19. The Kier molecular flexibility index (Phi) is 4.57. The maximum atomic E-state index is 10.8. The van der Waals surface area contributed by atoms with Crippen molar-refractivity contribution in [3.05, 3.63) is 28.3 Å². The summed E-state index contributed by atoms with van der Waals surface area (Å²) in [6, 6.07) is 4.72. The molecule has 104 valence electrons. The van der Waals surface area contributed by atoms with Crippen molar-refractivity contribution in [2.75, 3.05) is 31.2 Å². The number of benzene rings is 1. The molecule has 0 bridgehead atoms. The third kappa shape index (κ3) is 3.35. The van der Waals surface area contributed by atoms with Crippen LogP contribution in [0.15, 0.2) is 18.2 Å². The largest absolute Gasteiger partial charge is 0.491 e. The molecule has 1 fully saturated rings. The van der Waals surface area contributed by atoms with Gasteiger partial charge in [0, 0.05) is 32.2 Å². The van der Waals surface area contributed by atoms with Crippen LogP contribution in [-0.2, 0) is 0 Å². The Balaban J connectivity index is 2.21. The summed E-state index contributed by atoms with van der Waals surface area (Å²) < 4.78 is 5.57. The molecule has 0 aliphatic carbocycles. The van der Waals surface area contributed by atoms with Gasteiger partial charge in [0.2, 0.25) is 0 Å². The molecule has 1 saturated heterocycles. The van der Waals surface area contributed by atoms with Crippen molar-refractivity contribution in [2.24, 2.45) is 0 Å². The molecule has 6 nitrogen and oxygen atoms in total. The molecule has 6 heteroatoms. The Labute approximate surface area is 111 Å². The monoisotopic (exact) mass is 266 g/mol. The Hall–Kier alpha value is -1.82. The molecule has 19 heavy (non-hydrogen) atoms. The predicted octanol–water partition coefficient (Wildman–Crippen LogP) is 1.96. The van der Waals surface area contributed by atoms with E-state index in [0.29, 0.717) is 18.8 Å². The maximum Gasteiger partial charge on any atom is 0.273 e. The van der Waals surface area contributed by atoms with Crippen LogP contribution in [0.2, 0.25) is 0 Å². The summed E-state index contributed by atoms with van der Waals surface area (Å²) in [5.74, 6) is 0.532. The zero-order chi connectivity index (χ0) is 13.7. The number of rotatable bonds is 6. The highest BCUT2D eigenvalue weighted by molar-refractivity contribution is 5.62. The van der Waals surface area contributed by atoms with Crippen LogP contribution in [0.25, 0.3) is 0 Å². The van der Waals surface area contributed by atoms with E-state index >= 15 is 0 Å². The molecule has 0 amide bonds. The first-order valence-electron chi connectivity index (χ1n) is 6.49. The third-order valence-corrected chi connectivity index (χ3v) is 3.16. The number of aliphatic hydroxyl groups is 1. The van der Waals surface area contributed by atoms with Gasteiger partial charge in [0.05, 0.1) is 23.3 Å². The van der Waals surface area contributed by atoms with Crippen LogP contribution in [-0.4, -0.2) is 36.3 Å². The van der Waals surface area contributed by atoms with E-state index in [0.717, 1.165) is 31.6 Å². The lowest BCUT2D eigenvalue weighted by atomic mass is 10.2. The van der Waals surface area contributed by atoms with E-state index in [1.807, 2.05) is 0 Å². The van der Waals surface area contributed by atoms with Gasteiger partial charge in [0.25, 0.3) is 5.69 Å². The van der Waals surface area contributed by atoms with Gasteiger partial charge in [-0.05, 0) is 18.9 Å². The molecule has 1 aromatic carbocycles. The van der Waals surface area contributed by atoms with Gasteiger partial charge in [-0.25, -0.2) is 0 Å². The average Bonchev–Trinajstić information content (AvgIpc) is 2.92. The van der Waals surface area contributed by atoms with E-state index in [2.05, 4.69) is 4.90 Å². The minimum Gasteiger partial charge on any atom is -0.491 e. The summed E-state index contributed by atoms with van der Waals surface area (Å²) >= 11 is 0. The summed E-state index contributed by atoms with van der Waals surface area (Å²) in [6.07, 6.45) is 2.78. The van der Waals surface area contributed by atoms with Gasteiger partial charge in [-0.2, -0.15) is 0 Å². The molecular formula is C13H18N2O4. The quantitative estimate of drug-likeness (QED) is 0.484. The van der Waals surface area contributed by atoms with Crippen LogP contribution < -0.4 is 9.64 Å². The molecule has 1 heterocycles. The summed E-state index contributed by atoms with van der Waals surface area (Å²) in [6.45, 7) is 2.31. The molecule has 0 atom stereocenters. The summed E-state index contributed by atoms with van der Waals surface area (Å²) in [5, 5.41) is 19.6. The smallest absolute Gasteiger partial charge is 0.273 e. The molecule has 1 aromatic rings. The zero-order valence-corrected chi connectivity index (χ0v) is 10.7. The topological polar surface area (TPSA) is 75.8 Å². The normalized spacial score (nSPS) is 14.7. The molecule has 0 unspecified atom stereocenters. The average molecular weight is 266 g/mol. The van der Waals surface area contributed by atoms with Crippen molar-refractivity contribution in [1.82, 2.24) is 0 Å². The Morgan fingerprint density at radius 3 is 2.74 bits per heavy atom. The predicted molar refractivity (Wildman–Crippen MR) is 71.7 cm³/mol. The van der Waals surface area contributed by atoms with Gasteiger partial charge in [-0.15, -0.1) is 0 Å². The van der Waals surface area contributed by atoms with Crippen LogP contribution in [0, 0.1) is 10.1 Å². The number of ether oxygens (including phenoxy) is 1. The highest BCUT2D eigenvalue weighted by atomic mass is 16.6. The van der Waals surface area contributed by atoms with Crippen molar-refractivity contribution in [1.29, 1.82) is 0 Å². The number of hydrogen-bond acceptors (Lipinski definition) is 5. The molecule has 0 aromatic heterocycles. The third-order valence-electron chi connectivity index (χ3n) is 3.16. The SMILES string of the molecule is O=[N+]([O-])c1ccc(N2CCCC2)c(OCCCO)c1. The molecule has 0 saturated carbocycles. The van der Waals surface area contributed by atoms with Crippen molar-refractivity contribution < 1.29 is 14.8 Å². The Morgan fingerprint density at radius 2 is 2.11 bits per heavy atom. The van der Waals surface area contributed by atoms with E-state index in [1.54, 1.807) is 6.07 Å². The number of nitro groups is 1. The number of anilines is 1. The fraction of sp³-hybridized carbons (Fsp3) is 0.538. The van der Waals surface area contributed by atoms with Crippen molar-refractivity contribution in [2.45, 2.75) is 19.3 Å². The summed E-state index contributed by atoms with van der Waals surface area (Å²) in [7, 11) is 0. The maximum absolute atomic E-state index is 10.8. The molecule has 1 N–H and O–H groups in total. The van der Waals surface area contributed by atoms with Crippen molar-refractivity contribution >= 4 is 11.4 Å². The first-order valence-corrected chi connectivity index (χ1v) is 6.49. The van der Waals surface area contributed by atoms with Crippen LogP contribution >= 0.6 is 0 Å². The first kappa shape index (κ1) is 13.6. The van der Waals surface area contributed by atoms with Gasteiger partial charge in [-0.3, -0.25) is 10.1 Å². The highest BCUT2D eigenvalue weighted by Gasteiger charge is 2.19. The molecule has 1 aliphatic heterocycles. The fourth-order valence-electron chi connectivity index (χ4n) is 2.20. The molecule has 2 rings (SSSR count). The first-order chi connectivity index (χ1) is 9.22. The molecular weight excluding hydrogens is 248 g/mol. The standard InChI is InChI=1S/C13H18N2O4/c16-8-3-9-19-13-10-11(15(17)18)4-5-12(13)14-6-1-2-7-14/h4-5,10,16H,1-3,6-9H2. The van der Waals surface area contributed by atoms with E-state index in [1.165, 1.54) is 12.1 Å². The number of non-ortho nitro benzene ring substituents is 1. The van der Waals surface area contributed by atoms with Gasteiger partial charge in [-0.1, -0.05) is 0 Å². The molecule has 1 aliphatic rings. The van der Waals surface area contributed by atoms with Crippen LogP contribution in [0.1, 0.15) is 19.3 Å². The van der Waals surface area contributed by atoms with Crippen LogP contribution in [0.5, 0.6) is 5.75 Å². The van der Waals surface area contributed by atoms with E-state index < -0.39 is 4.92 Å². The molecule has 0 radical (unpaired) electrons. The zero-order valence-electron chi connectivity index (χ0n) is 10.7. The number of aliphatic hydroxyl groups excluding tert-OH is 1. The Bertz CT molecular complexity index is 444. The fourth-order valence-corrected chi connectivity index (χ4v) is 2.20. The van der Waals surface area contributed by atoms with Crippen molar-refractivity contribution in [3.63, 3.8) is 0 Å². The lowest BCUT2D eigenvalue weighted by Gasteiger charge is -2.21. The minimum atomic E-state index is -0.424. The second-order valence-electron chi connectivity index (χ2n) is 4.53. The second-order valence-corrected chi connectivity index (χ2v) is 4.53. The van der Waals surface area contributed by atoms with Crippen molar-refractivity contribution in [3.8, 4) is 5.75 Å². The molecule has 0 spiro atoms. The summed E-state index contributed by atoms with van der Waals surface area (Å²) in [4.78, 5) is 12.6. The van der Waals surface area contributed by atoms with E-state index in [9.17, 15) is 10.1 Å². The lowest BCUT2D eigenvalue weighted by molar-refractivity contribution is -0.384. The minimum absolute atomic E-state index is 0.0296. The Morgan fingerprint density at radius 1 is 1.37 bits per heavy atom. The van der Waals surface area contributed by atoms with Crippen LogP contribution in [0.4, 0.5) is 11.4 Å². The number of nitrogens with zero attached hydrogens (tertiary/aromatic N) is 2. The van der Waals surface area contributed by atoms with Gasteiger partial charge in [0.15, 0.2) is 0 Å².